The van der Waals surface area contributed by atoms with Crippen molar-refractivity contribution in [2.45, 2.75) is 78.4 Å². The number of hydrogen-bond donors (Lipinski definition) is 1. The van der Waals surface area contributed by atoms with E-state index in [4.69, 9.17) is 4.74 Å². The molecule has 1 fully saturated rings. The average Bonchev–Trinajstić information content (AvgIpc) is 2.47. The molecule has 1 aromatic rings. The first-order valence-electron chi connectivity index (χ1n) is 9.21. The molecule has 134 valence electrons. The number of carbonyl (C=O) groups is 1. The Morgan fingerprint density at radius 3 is 2.67 bits per heavy atom. The highest BCUT2D eigenvalue weighted by atomic mass is 16.5. The molecule has 2 rings (SSSR count). The number of pyridine rings is 1. The normalized spacial score (nSPS) is 21.6. The van der Waals surface area contributed by atoms with E-state index in [1.54, 1.807) is 12.1 Å². The van der Waals surface area contributed by atoms with Gasteiger partial charge in [-0.3, -0.25) is 4.79 Å². The third-order valence-electron chi connectivity index (χ3n) is 4.37. The first-order chi connectivity index (χ1) is 11.2. The van der Waals surface area contributed by atoms with Crippen LogP contribution in [-0.2, 0) is 0 Å². The number of carbonyl (C=O) groups excluding carboxylic acids is 1. The van der Waals surface area contributed by atoms with Gasteiger partial charge in [-0.1, -0.05) is 32.8 Å². The van der Waals surface area contributed by atoms with Crippen molar-refractivity contribution in [2.75, 3.05) is 0 Å². The summed E-state index contributed by atoms with van der Waals surface area (Å²) in [4.78, 5) is 17.0. The van der Waals surface area contributed by atoms with Gasteiger partial charge in [-0.05, 0) is 57.9 Å². The van der Waals surface area contributed by atoms with Crippen molar-refractivity contribution in [3.63, 3.8) is 0 Å². The summed E-state index contributed by atoms with van der Waals surface area (Å²) < 4.78 is 5.77. The Balaban J connectivity index is 2.04. The number of hydrogen-bond acceptors (Lipinski definition) is 3. The molecule has 1 saturated carbocycles. The maximum atomic E-state index is 12.6. The Hall–Kier alpha value is -1.58. The van der Waals surface area contributed by atoms with E-state index in [0.717, 1.165) is 6.42 Å². The fourth-order valence-corrected chi connectivity index (χ4v) is 3.44. The molecule has 0 spiro atoms. The third-order valence-corrected chi connectivity index (χ3v) is 4.37. The molecule has 4 nitrogen and oxygen atoms in total. The van der Waals surface area contributed by atoms with Gasteiger partial charge in [0.1, 0.15) is 11.3 Å². The standard InChI is InChI=1S/C20H32N2O2/c1-14(2)13-15-9-6-7-10-16(15)22-19(23)17-11-8-12-18(21-17)24-20(3,4)5/h8,11-12,14-16H,6-7,9-10,13H2,1-5H3,(H,22,23). The molecule has 1 N–H and O–H groups in total. The van der Waals surface area contributed by atoms with Crippen LogP contribution < -0.4 is 10.1 Å². The van der Waals surface area contributed by atoms with Crippen molar-refractivity contribution >= 4 is 5.91 Å². The van der Waals surface area contributed by atoms with Gasteiger partial charge in [0.2, 0.25) is 5.88 Å². The van der Waals surface area contributed by atoms with E-state index in [9.17, 15) is 4.79 Å². The summed E-state index contributed by atoms with van der Waals surface area (Å²) in [6, 6.07) is 5.65. The summed E-state index contributed by atoms with van der Waals surface area (Å²) in [6.07, 6.45) is 5.92. The van der Waals surface area contributed by atoms with Crippen LogP contribution >= 0.6 is 0 Å². The minimum atomic E-state index is -0.326. The minimum Gasteiger partial charge on any atom is -0.472 e. The summed E-state index contributed by atoms with van der Waals surface area (Å²) in [6.45, 7) is 10.4. The molecule has 4 heteroatoms. The first-order valence-corrected chi connectivity index (χ1v) is 9.21. The van der Waals surface area contributed by atoms with E-state index >= 15 is 0 Å². The quantitative estimate of drug-likeness (QED) is 0.857. The fourth-order valence-electron chi connectivity index (χ4n) is 3.44. The van der Waals surface area contributed by atoms with Crippen LogP contribution in [0, 0.1) is 11.8 Å². The predicted molar refractivity (Wildman–Crippen MR) is 97.3 cm³/mol. The van der Waals surface area contributed by atoms with Gasteiger partial charge in [0, 0.05) is 12.1 Å². The van der Waals surface area contributed by atoms with E-state index in [-0.39, 0.29) is 17.6 Å². The molecule has 1 aliphatic rings. The van der Waals surface area contributed by atoms with Crippen molar-refractivity contribution < 1.29 is 9.53 Å². The van der Waals surface area contributed by atoms with E-state index in [1.165, 1.54) is 25.7 Å². The average molecular weight is 332 g/mol. The molecule has 1 aliphatic carbocycles. The molecular weight excluding hydrogens is 300 g/mol. The molecule has 1 heterocycles. The number of aromatic nitrogens is 1. The summed E-state index contributed by atoms with van der Waals surface area (Å²) in [5.41, 5.74) is 0.110. The molecule has 0 aliphatic heterocycles. The van der Waals surface area contributed by atoms with E-state index in [0.29, 0.717) is 23.4 Å². The van der Waals surface area contributed by atoms with Gasteiger partial charge in [-0.25, -0.2) is 4.98 Å². The monoisotopic (exact) mass is 332 g/mol. The minimum absolute atomic E-state index is 0.0879. The van der Waals surface area contributed by atoms with Gasteiger partial charge in [-0.15, -0.1) is 0 Å². The maximum absolute atomic E-state index is 12.6. The number of ether oxygens (including phenoxy) is 1. The molecule has 24 heavy (non-hydrogen) atoms. The molecule has 1 amide bonds. The lowest BCUT2D eigenvalue weighted by molar-refractivity contribution is 0.0886. The highest BCUT2D eigenvalue weighted by molar-refractivity contribution is 5.92. The van der Waals surface area contributed by atoms with Crippen LogP contribution in [0.5, 0.6) is 5.88 Å². The van der Waals surface area contributed by atoms with E-state index < -0.39 is 0 Å². The Kier molecular flexibility index (Phi) is 6.25. The van der Waals surface area contributed by atoms with Gasteiger partial charge in [0.25, 0.3) is 5.91 Å². The topological polar surface area (TPSA) is 51.2 Å². The van der Waals surface area contributed by atoms with Crippen LogP contribution in [0.15, 0.2) is 18.2 Å². The number of nitrogens with zero attached hydrogens (tertiary/aromatic N) is 1. The Morgan fingerprint density at radius 2 is 2.00 bits per heavy atom. The fraction of sp³-hybridized carbons (Fsp3) is 0.700. The molecule has 0 aromatic carbocycles. The molecular formula is C20H32N2O2. The second kappa shape index (κ2) is 8.00. The van der Waals surface area contributed by atoms with Crippen molar-refractivity contribution in [3.8, 4) is 5.88 Å². The van der Waals surface area contributed by atoms with E-state index in [1.807, 2.05) is 26.8 Å². The number of amides is 1. The zero-order valence-electron chi connectivity index (χ0n) is 15.8. The van der Waals surface area contributed by atoms with Crippen molar-refractivity contribution in [1.29, 1.82) is 0 Å². The summed E-state index contributed by atoms with van der Waals surface area (Å²) >= 11 is 0. The predicted octanol–water partition coefficient (Wildman–Crippen LogP) is 4.59. The molecule has 0 saturated heterocycles. The largest absolute Gasteiger partial charge is 0.472 e. The zero-order chi connectivity index (χ0) is 17.7. The molecule has 2 atom stereocenters. The van der Waals surface area contributed by atoms with Crippen LogP contribution in [-0.4, -0.2) is 22.5 Å². The lowest BCUT2D eigenvalue weighted by atomic mass is 9.79. The van der Waals surface area contributed by atoms with Crippen molar-refractivity contribution in [3.05, 3.63) is 23.9 Å². The second-order valence-corrected chi connectivity index (χ2v) is 8.33. The Morgan fingerprint density at radius 1 is 1.29 bits per heavy atom. The van der Waals surface area contributed by atoms with Gasteiger partial charge in [0.15, 0.2) is 0 Å². The van der Waals surface area contributed by atoms with Crippen LogP contribution in [0.2, 0.25) is 0 Å². The third kappa shape index (κ3) is 5.81. The van der Waals surface area contributed by atoms with Crippen LogP contribution in [0.3, 0.4) is 0 Å². The Bertz CT molecular complexity index is 549. The molecule has 1 aromatic heterocycles. The Labute approximate surface area is 146 Å². The van der Waals surface area contributed by atoms with Crippen LogP contribution in [0.25, 0.3) is 0 Å². The summed E-state index contributed by atoms with van der Waals surface area (Å²) in [5.74, 6) is 1.65. The number of rotatable bonds is 5. The smallest absolute Gasteiger partial charge is 0.270 e. The highest BCUT2D eigenvalue weighted by Crippen LogP contribution is 2.29. The molecule has 0 bridgehead atoms. The summed E-state index contributed by atoms with van der Waals surface area (Å²) in [7, 11) is 0. The second-order valence-electron chi connectivity index (χ2n) is 8.33. The van der Waals surface area contributed by atoms with Gasteiger partial charge < -0.3 is 10.1 Å². The van der Waals surface area contributed by atoms with E-state index in [2.05, 4.69) is 24.1 Å². The van der Waals surface area contributed by atoms with Crippen LogP contribution in [0.1, 0.15) is 77.2 Å². The van der Waals surface area contributed by atoms with Gasteiger partial charge in [-0.2, -0.15) is 0 Å². The zero-order valence-corrected chi connectivity index (χ0v) is 15.8. The summed E-state index contributed by atoms with van der Waals surface area (Å²) in [5, 5.41) is 3.22. The SMILES string of the molecule is CC(C)CC1CCCCC1NC(=O)c1cccc(OC(C)(C)C)n1. The van der Waals surface area contributed by atoms with Gasteiger partial charge >= 0.3 is 0 Å². The number of nitrogens with one attached hydrogen (secondary N) is 1. The molecule has 0 radical (unpaired) electrons. The lowest BCUT2D eigenvalue weighted by Crippen LogP contribution is -2.42. The molecule has 2 unspecified atom stereocenters. The van der Waals surface area contributed by atoms with Crippen molar-refractivity contribution in [1.82, 2.24) is 10.3 Å². The van der Waals surface area contributed by atoms with Crippen LogP contribution in [0.4, 0.5) is 0 Å². The maximum Gasteiger partial charge on any atom is 0.270 e. The lowest BCUT2D eigenvalue weighted by Gasteiger charge is -2.33. The van der Waals surface area contributed by atoms with Gasteiger partial charge in [0.05, 0.1) is 0 Å². The highest BCUT2D eigenvalue weighted by Gasteiger charge is 2.27. The first kappa shape index (κ1) is 18.8. The van der Waals surface area contributed by atoms with Crippen molar-refractivity contribution in [2.24, 2.45) is 11.8 Å².